The number of hydrogen-bond acceptors (Lipinski definition) is 5. The Hall–Kier alpha value is -2.00. The monoisotopic (exact) mass is 393 g/mol. The van der Waals surface area contributed by atoms with Gasteiger partial charge in [0.25, 0.3) is 15.9 Å². The van der Waals surface area contributed by atoms with Crippen LogP contribution in [0.15, 0.2) is 17.3 Å². The molecule has 3 heterocycles. The smallest absolute Gasteiger partial charge is 0.271 e. The Labute approximate surface area is 160 Å². The van der Waals surface area contributed by atoms with Crippen LogP contribution in [0.4, 0.5) is 0 Å². The Kier molecular flexibility index (Phi) is 5.53. The second kappa shape index (κ2) is 7.55. The summed E-state index contributed by atoms with van der Waals surface area (Å²) < 4.78 is 30.7. The third-order valence-corrected chi connectivity index (χ3v) is 6.77. The molecule has 8 nitrogen and oxygen atoms in total. The summed E-state index contributed by atoms with van der Waals surface area (Å²) in [6.45, 7) is 9.12. The van der Waals surface area contributed by atoms with E-state index in [9.17, 15) is 13.2 Å². The normalized spacial score (nSPS) is 16.7. The number of aryl methyl sites for hydroxylation is 3. The highest BCUT2D eigenvalue weighted by Crippen LogP contribution is 2.25. The number of sulfonamides is 1. The molecule has 0 aromatic carbocycles. The van der Waals surface area contributed by atoms with Crippen molar-refractivity contribution in [2.75, 3.05) is 13.1 Å². The van der Waals surface area contributed by atoms with Crippen LogP contribution < -0.4 is 0 Å². The Bertz CT molecular complexity index is 936. The lowest BCUT2D eigenvalue weighted by atomic mass is 10.0. The Morgan fingerprint density at radius 3 is 2.44 bits per heavy atom. The van der Waals surface area contributed by atoms with E-state index >= 15 is 0 Å². The molecule has 148 valence electrons. The molecule has 0 unspecified atom stereocenters. The summed E-state index contributed by atoms with van der Waals surface area (Å²) in [6, 6.07) is 1.79. The van der Waals surface area contributed by atoms with Crippen molar-refractivity contribution in [1.29, 1.82) is 0 Å². The molecule has 0 bridgehead atoms. The summed E-state index contributed by atoms with van der Waals surface area (Å²) in [6.07, 6.45) is 3.95. The number of rotatable bonds is 5. The predicted molar refractivity (Wildman–Crippen MR) is 101 cm³/mol. The molecule has 0 spiro atoms. The molecule has 1 saturated heterocycles. The minimum Gasteiger partial charge on any atom is -0.271 e. The van der Waals surface area contributed by atoms with Crippen molar-refractivity contribution < 1.29 is 13.2 Å². The van der Waals surface area contributed by atoms with E-state index in [4.69, 9.17) is 0 Å². The molecule has 1 aliphatic heterocycles. The topological polar surface area (TPSA) is 90.1 Å². The third kappa shape index (κ3) is 3.84. The molecule has 0 saturated carbocycles. The maximum Gasteiger partial charge on any atom is 0.283 e. The van der Waals surface area contributed by atoms with Crippen molar-refractivity contribution in [1.82, 2.24) is 23.9 Å². The highest BCUT2D eigenvalue weighted by Gasteiger charge is 2.35. The molecule has 2 aromatic rings. The van der Waals surface area contributed by atoms with E-state index in [2.05, 4.69) is 17.1 Å². The number of piperidine rings is 1. The van der Waals surface area contributed by atoms with Gasteiger partial charge in [-0.3, -0.25) is 9.48 Å². The van der Waals surface area contributed by atoms with Crippen molar-refractivity contribution in [3.05, 3.63) is 29.2 Å². The van der Waals surface area contributed by atoms with Gasteiger partial charge in [-0.2, -0.15) is 14.5 Å². The van der Waals surface area contributed by atoms with Crippen LogP contribution in [0.5, 0.6) is 0 Å². The van der Waals surface area contributed by atoms with Gasteiger partial charge in [0.1, 0.15) is 5.56 Å². The van der Waals surface area contributed by atoms with E-state index in [1.807, 2.05) is 6.92 Å². The molecule has 1 fully saturated rings. The Balaban J connectivity index is 2.04. The molecule has 0 amide bonds. The lowest BCUT2D eigenvalue weighted by molar-refractivity contribution is 0.0938. The van der Waals surface area contributed by atoms with Crippen molar-refractivity contribution in [2.45, 2.75) is 58.5 Å². The lowest BCUT2D eigenvalue weighted by Crippen LogP contribution is -2.38. The Morgan fingerprint density at radius 1 is 1.22 bits per heavy atom. The van der Waals surface area contributed by atoms with Crippen LogP contribution in [0.25, 0.3) is 0 Å². The van der Waals surface area contributed by atoms with Crippen LogP contribution in [0, 0.1) is 19.8 Å². The van der Waals surface area contributed by atoms with Crippen LogP contribution in [-0.4, -0.2) is 51.3 Å². The summed E-state index contributed by atoms with van der Waals surface area (Å²) in [5.41, 5.74) is 1.44. The van der Waals surface area contributed by atoms with E-state index in [0.29, 0.717) is 36.9 Å². The van der Waals surface area contributed by atoms with Gasteiger partial charge >= 0.3 is 0 Å². The zero-order valence-corrected chi connectivity index (χ0v) is 17.2. The Morgan fingerprint density at radius 2 is 1.89 bits per heavy atom. The first kappa shape index (κ1) is 19.8. The molecule has 2 aromatic heterocycles. The van der Waals surface area contributed by atoms with Gasteiger partial charge in [0, 0.05) is 31.5 Å². The fourth-order valence-electron chi connectivity index (χ4n) is 3.38. The highest BCUT2D eigenvalue weighted by atomic mass is 32.2. The van der Waals surface area contributed by atoms with Crippen LogP contribution >= 0.6 is 0 Å². The molecule has 27 heavy (non-hydrogen) atoms. The van der Waals surface area contributed by atoms with Gasteiger partial charge in [0.05, 0.1) is 5.69 Å². The van der Waals surface area contributed by atoms with Gasteiger partial charge in [-0.15, -0.1) is 0 Å². The standard InChI is InChI=1S/C18H27N5O3S/c1-5-8-21-12-16(18(24)23-15(4)11-14(3)19-23)17(20-21)27(25,26)22-9-6-13(2)7-10-22/h11-13H,5-10H2,1-4H3. The average Bonchev–Trinajstić information content (AvgIpc) is 3.18. The number of hydrogen-bond donors (Lipinski definition) is 0. The molecule has 1 aliphatic rings. The molecule has 0 radical (unpaired) electrons. The highest BCUT2D eigenvalue weighted by molar-refractivity contribution is 7.89. The van der Waals surface area contributed by atoms with E-state index in [1.165, 1.54) is 15.2 Å². The summed E-state index contributed by atoms with van der Waals surface area (Å²) in [7, 11) is -3.83. The minimum absolute atomic E-state index is 0.0771. The first-order chi connectivity index (χ1) is 12.7. The fraction of sp³-hybridized carbons (Fsp3) is 0.611. The number of carbonyl (C=O) groups excluding carboxylic acids is 1. The van der Waals surface area contributed by atoms with E-state index < -0.39 is 15.9 Å². The molecule has 0 atom stereocenters. The SMILES string of the molecule is CCCn1cc(C(=O)n2nc(C)cc2C)c(S(=O)(=O)N2CCC(C)CC2)n1. The van der Waals surface area contributed by atoms with Gasteiger partial charge in [-0.1, -0.05) is 13.8 Å². The van der Waals surface area contributed by atoms with Crippen LogP contribution in [0.1, 0.15) is 54.9 Å². The van der Waals surface area contributed by atoms with E-state index in [0.717, 1.165) is 19.3 Å². The first-order valence-electron chi connectivity index (χ1n) is 9.39. The average molecular weight is 394 g/mol. The fourth-order valence-corrected chi connectivity index (χ4v) is 4.94. The number of nitrogens with zero attached hydrogens (tertiary/aromatic N) is 5. The summed E-state index contributed by atoms with van der Waals surface area (Å²) in [4.78, 5) is 13.1. The van der Waals surface area contributed by atoms with Crippen molar-refractivity contribution in [3.8, 4) is 0 Å². The second-order valence-electron chi connectivity index (χ2n) is 7.34. The summed E-state index contributed by atoms with van der Waals surface area (Å²) >= 11 is 0. The van der Waals surface area contributed by atoms with Crippen molar-refractivity contribution in [2.24, 2.45) is 5.92 Å². The van der Waals surface area contributed by atoms with Gasteiger partial charge < -0.3 is 0 Å². The molecule has 9 heteroatoms. The van der Waals surface area contributed by atoms with Gasteiger partial charge in [-0.05, 0) is 45.1 Å². The van der Waals surface area contributed by atoms with E-state index in [1.54, 1.807) is 24.6 Å². The molecular weight excluding hydrogens is 366 g/mol. The first-order valence-corrected chi connectivity index (χ1v) is 10.8. The maximum absolute atomic E-state index is 13.2. The largest absolute Gasteiger partial charge is 0.283 e. The third-order valence-electron chi connectivity index (χ3n) is 4.94. The van der Waals surface area contributed by atoms with Gasteiger partial charge in [-0.25, -0.2) is 13.1 Å². The zero-order valence-electron chi connectivity index (χ0n) is 16.3. The van der Waals surface area contributed by atoms with Gasteiger partial charge in [0.2, 0.25) is 5.03 Å². The zero-order chi connectivity index (χ0) is 19.8. The maximum atomic E-state index is 13.2. The van der Waals surface area contributed by atoms with Gasteiger partial charge in [0.15, 0.2) is 0 Å². The molecular formula is C18H27N5O3S. The number of aromatic nitrogens is 4. The summed E-state index contributed by atoms with van der Waals surface area (Å²) in [5.74, 6) is 0.0387. The quantitative estimate of drug-likeness (QED) is 0.777. The second-order valence-corrected chi connectivity index (χ2v) is 9.19. The number of carbonyl (C=O) groups is 1. The van der Waals surface area contributed by atoms with Crippen LogP contribution in [0.2, 0.25) is 0 Å². The van der Waals surface area contributed by atoms with Crippen LogP contribution in [0.3, 0.4) is 0 Å². The van der Waals surface area contributed by atoms with Crippen molar-refractivity contribution >= 4 is 15.9 Å². The van der Waals surface area contributed by atoms with Crippen molar-refractivity contribution in [3.63, 3.8) is 0 Å². The van der Waals surface area contributed by atoms with E-state index in [-0.39, 0.29) is 10.6 Å². The lowest BCUT2D eigenvalue weighted by Gasteiger charge is -2.28. The molecule has 0 aliphatic carbocycles. The van der Waals surface area contributed by atoms with Crippen LogP contribution in [-0.2, 0) is 16.6 Å². The molecule has 3 rings (SSSR count). The summed E-state index contributed by atoms with van der Waals surface area (Å²) in [5, 5.41) is 8.32. The molecule has 0 N–H and O–H groups in total. The minimum atomic E-state index is -3.83. The predicted octanol–water partition coefficient (Wildman–Crippen LogP) is 2.22.